The van der Waals surface area contributed by atoms with Crippen molar-refractivity contribution in [2.75, 3.05) is 39.7 Å². The highest BCUT2D eigenvalue weighted by atomic mass is 15.1. The number of nitrogens with zero attached hydrogens (tertiary/aromatic N) is 4. The van der Waals surface area contributed by atoms with Gasteiger partial charge in [-0.3, -0.25) is 0 Å². The molecule has 0 saturated heterocycles. The van der Waals surface area contributed by atoms with Crippen LogP contribution in [0.3, 0.4) is 0 Å². The molecular formula is C18H26N6. The molecule has 0 bridgehead atoms. The van der Waals surface area contributed by atoms with Crippen LogP contribution in [0.5, 0.6) is 0 Å². The number of hydrogen-bond acceptors (Lipinski definition) is 6. The molecule has 0 atom stereocenters. The smallest absolute Gasteiger partial charge is 0.0903 e. The van der Waals surface area contributed by atoms with Crippen molar-refractivity contribution in [3.63, 3.8) is 0 Å². The summed E-state index contributed by atoms with van der Waals surface area (Å²) in [4.78, 5) is 4.16. The molecule has 0 heterocycles. The molecule has 0 radical (unpaired) electrons. The van der Waals surface area contributed by atoms with Crippen LogP contribution in [0.1, 0.15) is 11.1 Å². The van der Waals surface area contributed by atoms with Crippen molar-refractivity contribution < 1.29 is 0 Å². The fourth-order valence-corrected chi connectivity index (χ4v) is 2.45. The second kappa shape index (κ2) is 7.90. The van der Waals surface area contributed by atoms with Crippen molar-refractivity contribution in [2.45, 2.75) is 13.1 Å². The highest BCUT2D eigenvalue weighted by Crippen LogP contribution is 2.28. The summed E-state index contributed by atoms with van der Waals surface area (Å²) in [5.41, 5.74) is 17.0. The fourth-order valence-electron chi connectivity index (χ4n) is 2.45. The van der Waals surface area contributed by atoms with E-state index in [9.17, 15) is 0 Å². The van der Waals surface area contributed by atoms with Crippen molar-refractivity contribution in [3.05, 3.63) is 47.5 Å². The average Bonchev–Trinajstić information content (AvgIpc) is 2.47. The molecule has 0 saturated carbocycles. The fraction of sp³-hybridized carbons (Fsp3) is 0.333. The van der Waals surface area contributed by atoms with Gasteiger partial charge in [-0.15, -0.1) is 0 Å². The quantitative estimate of drug-likeness (QED) is 0.629. The number of benzene rings is 2. The Morgan fingerprint density at radius 2 is 1.08 bits per heavy atom. The van der Waals surface area contributed by atoms with E-state index in [0.717, 1.165) is 47.0 Å². The Hall–Kier alpha value is -2.44. The Morgan fingerprint density at radius 3 is 1.42 bits per heavy atom. The largest absolute Gasteiger partial charge is 0.399 e. The van der Waals surface area contributed by atoms with Gasteiger partial charge < -0.3 is 21.3 Å². The molecule has 128 valence electrons. The third-order valence-corrected chi connectivity index (χ3v) is 3.45. The van der Waals surface area contributed by atoms with Crippen molar-refractivity contribution in [2.24, 2.45) is 10.2 Å². The van der Waals surface area contributed by atoms with E-state index in [4.69, 9.17) is 11.5 Å². The van der Waals surface area contributed by atoms with Gasteiger partial charge in [-0.05, 0) is 75.7 Å². The van der Waals surface area contributed by atoms with Crippen molar-refractivity contribution >= 4 is 22.7 Å². The second-order valence-electron chi connectivity index (χ2n) is 6.45. The lowest BCUT2D eigenvalue weighted by Gasteiger charge is -2.13. The minimum atomic E-state index is 0.728. The van der Waals surface area contributed by atoms with E-state index >= 15 is 0 Å². The van der Waals surface area contributed by atoms with E-state index in [1.54, 1.807) is 0 Å². The van der Waals surface area contributed by atoms with Gasteiger partial charge in [-0.25, -0.2) is 0 Å². The maximum absolute atomic E-state index is 5.90. The summed E-state index contributed by atoms with van der Waals surface area (Å²) < 4.78 is 0. The Bertz CT molecular complexity index is 660. The molecule has 24 heavy (non-hydrogen) atoms. The average molecular weight is 326 g/mol. The molecule has 4 N–H and O–H groups in total. The molecule has 0 aliphatic carbocycles. The van der Waals surface area contributed by atoms with Crippen LogP contribution in [-0.4, -0.2) is 38.0 Å². The van der Waals surface area contributed by atoms with Crippen LogP contribution in [0.15, 0.2) is 46.6 Å². The zero-order valence-electron chi connectivity index (χ0n) is 14.8. The van der Waals surface area contributed by atoms with Crippen molar-refractivity contribution in [3.8, 4) is 0 Å². The van der Waals surface area contributed by atoms with Gasteiger partial charge in [0.1, 0.15) is 0 Å². The normalized spacial score (nSPS) is 11.8. The summed E-state index contributed by atoms with van der Waals surface area (Å²) in [6.45, 7) is 1.51. The third kappa shape index (κ3) is 5.04. The van der Waals surface area contributed by atoms with E-state index < -0.39 is 0 Å². The van der Waals surface area contributed by atoms with Gasteiger partial charge in [0.15, 0.2) is 0 Å². The molecule has 6 heteroatoms. The molecular weight excluding hydrogens is 300 g/mol. The molecule has 2 aromatic carbocycles. The zero-order valence-corrected chi connectivity index (χ0v) is 14.8. The van der Waals surface area contributed by atoms with Crippen LogP contribution in [0, 0.1) is 0 Å². The monoisotopic (exact) mass is 326 g/mol. The Kier molecular flexibility index (Phi) is 5.89. The molecule has 0 spiro atoms. The number of nitrogens with two attached hydrogens (primary N) is 2. The van der Waals surface area contributed by atoms with Crippen LogP contribution in [-0.2, 0) is 13.1 Å². The first kappa shape index (κ1) is 17.9. The molecule has 0 fully saturated rings. The van der Waals surface area contributed by atoms with Crippen LogP contribution >= 0.6 is 0 Å². The summed E-state index contributed by atoms with van der Waals surface area (Å²) in [6, 6.07) is 11.4. The van der Waals surface area contributed by atoms with Gasteiger partial charge >= 0.3 is 0 Å². The van der Waals surface area contributed by atoms with E-state index in [1.165, 1.54) is 0 Å². The molecule has 6 nitrogen and oxygen atoms in total. The molecule has 2 aromatic rings. The highest BCUT2D eigenvalue weighted by molar-refractivity contribution is 5.57. The van der Waals surface area contributed by atoms with Gasteiger partial charge in [0.25, 0.3) is 0 Å². The van der Waals surface area contributed by atoms with Crippen molar-refractivity contribution in [1.29, 1.82) is 0 Å². The number of azo groups is 1. The lowest BCUT2D eigenvalue weighted by atomic mass is 10.1. The maximum Gasteiger partial charge on any atom is 0.0903 e. The Morgan fingerprint density at radius 1 is 0.708 bits per heavy atom. The Balaban J connectivity index is 2.34. The highest BCUT2D eigenvalue weighted by Gasteiger charge is 2.07. The van der Waals surface area contributed by atoms with Crippen molar-refractivity contribution in [1.82, 2.24) is 9.80 Å². The lowest BCUT2D eigenvalue weighted by Crippen LogP contribution is -2.11. The first-order valence-corrected chi connectivity index (χ1v) is 7.83. The maximum atomic E-state index is 5.90. The Labute approximate surface area is 143 Å². The van der Waals surface area contributed by atoms with Gasteiger partial charge in [0.2, 0.25) is 0 Å². The number of hydrogen-bond donors (Lipinski definition) is 2. The molecule has 0 unspecified atom stereocenters. The summed E-state index contributed by atoms with van der Waals surface area (Å²) in [5, 5.41) is 8.90. The molecule has 0 aliphatic rings. The molecule has 0 amide bonds. The summed E-state index contributed by atoms with van der Waals surface area (Å²) >= 11 is 0. The van der Waals surface area contributed by atoms with Gasteiger partial charge in [0.05, 0.1) is 11.4 Å². The molecule has 0 aromatic heterocycles. The molecule has 0 aliphatic heterocycles. The topological polar surface area (TPSA) is 83.2 Å². The summed E-state index contributed by atoms with van der Waals surface area (Å²) in [5.74, 6) is 0. The second-order valence-corrected chi connectivity index (χ2v) is 6.45. The minimum absolute atomic E-state index is 0.728. The van der Waals surface area contributed by atoms with E-state index in [-0.39, 0.29) is 0 Å². The van der Waals surface area contributed by atoms with Crippen LogP contribution in [0.25, 0.3) is 0 Å². The van der Waals surface area contributed by atoms with Crippen LogP contribution < -0.4 is 11.5 Å². The minimum Gasteiger partial charge on any atom is -0.399 e. The molecule has 2 rings (SSSR count). The lowest BCUT2D eigenvalue weighted by molar-refractivity contribution is 0.402. The number of nitrogen functional groups attached to an aromatic ring is 2. The summed E-state index contributed by atoms with van der Waals surface area (Å²) in [6.07, 6.45) is 0. The van der Waals surface area contributed by atoms with Gasteiger partial charge in [-0.1, -0.05) is 0 Å². The first-order valence-electron chi connectivity index (χ1n) is 7.83. The summed E-state index contributed by atoms with van der Waals surface area (Å²) in [7, 11) is 8.05. The van der Waals surface area contributed by atoms with E-state index in [1.807, 2.05) is 64.6 Å². The first-order chi connectivity index (χ1) is 11.3. The van der Waals surface area contributed by atoms with Crippen LogP contribution in [0.4, 0.5) is 22.7 Å². The standard InChI is InChI=1S/C18H26N6/c1-23(2)11-13-9-15(19)5-7-17(13)21-22-18-8-6-16(20)10-14(18)12-24(3)4/h5-10H,11-12,19-20H2,1-4H3/b22-21+. The predicted molar refractivity (Wildman–Crippen MR) is 101 cm³/mol. The van der Waals surface area contributed by atoms with Gasteiger partial charge in [-0.2, -0.15) is 10.2 Å². The SMILES string of the molecule is CN(C)Cc1cc(N)ccc1/N=N/c1ccc(N)cc1CN(C)C. The third-order valence-electron chi connectivity index (χ3n) is 3.45. The van der Waals surface area contributed by atoms with Crippen LogP contribution in [0.2, 0.25) is 0 Å². The zero-order chi connectivity index (χ0) is 17.7. The number of rotatable bonds is 6. The van der Waals surface area contributed by atoms with E-state index in [2.05, 4.69) is 20.0 Å². The van der Waals surface area contributed by atoms with Gasteiger partial charge in [0, 0.05) is 24.5 Å². The number of anilines is 2. The predicted octanol–water partition coefficient (Wildman–Crippen LogP) is 3.39. The van der Waals surface area contributed by atoms with E-state index in [0.29, 0.717) is 0 Å².